The first-order chi connectivity index (χ1) is 18.3. The second-order valence-electron chi connectivity index (χ2n) is 11.7. The van der Waals surface area contributed by atoms with Crippen LogP contribution in [-0.2, 0) is 31.9 Å². The minimum atomic E-state index is -0.100. The van der Waals surface area contributed by atoms with E-state index in [9.17, 15) is 5.11 Å². The molecular weight excluding hydrogens is 659 g/mol. The first-order valence-corrected chi connectivity index (χ1v) is 14.1. The second kappa shape index (κ2) is 11.8. The molecule has 1 aliphatic rings. The van der Waals surface area contributed by atoms with Crippen molar-refractivity contribution in [2.24, 2.45) is 0 Å². The zero-order valence-corrected chi connectivity index (χ0v) is 26.0. The van der Waals surface area contributed by atoms with Gasteiger partial charge in [0.25, 0.3) is 0 Å². The largest absolute Gasteiger partial charge is 0.507 e. The molecule has 2 heterocycles. The van der Waals surface area contributed by atoms with Gasteiger partial charge in [0.1, 0.15) is 5.75 Å². The second-order valence-corrected chi connectivity index (χ2v) is 11.7. The topological polar surface area (TPSA) is 46.0 Å². The molecule has 0 spiro atoms. The SMILES string of the molecule is CCCCC1(CCCC)c2ccc(-c3[c-]c(-c4ccccn4)cc(C(C)(C)C)c3)nc2-c2c(O)cccc21.[Pt]. The van der Waals surface area contributed by atoms with E-state index in [1.807, 2.05) is 30.5 Å². The molecule has 0 bridgehead atoms. The Labute approximate surface area is 248 Å². The van der Waals surface area contributed by atoms with Gasteiger partial charge in [0.05, 0.1) is 5.69 Å². The van der Waals surface area contributed by atoms with Crippen molar-refractivity contribution in [2.45, 2.75) is 84.0 Å². The standard InChI is InChI=1S/C35H39N2O.Pt/c1-6-8-18-35(19-9-7-2)27-13-12-15-31(38)32(27)33-28(35)16-17-30(37-33)25-21-24(29-14-10-11-20-36-29)22-26(23-25)34(3,4)5;/h10-17,20,22-23,38H,6-9,18-19H2,1-5H3;/q-1;. The summed E-state index contributed by atoms with van der Waals surface area (Å²) in [4.78, 5) is 9.88. The molecule has 2 aromatic carbocycles. The summed E-state index contributed by atoms with van der Waals surface area (Å²) < 4.78 is 0. The summed E-state index contributed by atoms with van der Waals surface area (Å²) in [6.07, 6.45) is 8.56. The van der Waals surface area contributed by atoms with E-state index in [-0.39, 0.29) is 31.9 Å². The normalized spacial score (nSPS) is 13.5. The first kappa shape index (κ1) is 29.2. The first-order valence-electron chi connectivity index (χ1n) is 14.1. The van der Waals surface area contributed by atoms with Crippen molar-refractivity contribution in [3.05, 3.63) is 89.6 Å². The van der Waals surface area contributed by atoms with E-state index in [0.29, 0.717) is 5.75 Å². The molecule has 4 heteroatoms. The third-order valence-electron chi connectivity index (χ3n) is 8.07. The maximum atomic E-state index is 11.1. The van der Waals surface area contributed by atoms with Crippen molar-refractivity contribution in [3.63, 3.8) is 0 Å². The van der Waals surface area contributed by atoms with Gasteiger partial charge in [-0.15, -0.1) is 23.8 Å². The molecule has 0 saturated heterocycles. The fraction of sp³-hybridized carbons (Fsp3) is 0.371. The van der Waals surface area contributed by atoms with E-state index in [1.54, 1.807) is 6.07 Å². The van der Waals surface area contributed by atoms with Crippen LogP contribution in [0.3, 0.4) is 0 Å². The van der Waals surface area contributed by atoms with Gasteiger partial charge in [-0.05, 0) is 41.5 Å². The van der Waals surface area contributed by atoms with E-state index in [0.717, 1.165) is 72.3 Å². The molecule has 0 fully saturated rings. The Morgan fingerprint density at radius 3 is 2.13 bits per heavy atom. The third-order valence-corrected chi connectivity index (χ3v) is 8.07. The summed E-state index contributed by atoms with van der Waals surface area (Å²) in [5.41, 5.74) is 9.13. The van der Waals surface area contributed by atoms with Gasteiger partial charge in [0.15, 0.2) is 0 Å². The van der Waals surface area contributed by atoms with E-state index in [2.05, 4.69) is 76.0 Å². The van der Waals surface area contributed by atoms with Gasteiger partial charge >= 0.3 is 0 Å². The minimum Gasteiger partial charge on any atom is -0.507 e. The van der Waals surface area contributed by atoms with Crippen LogP contribution in [0.2, 0.25) is 0 Å². The van der Waals surface area contributed by atoms with Crippen molar-refractivity contribution in [1.82, 2.24) is 9.97 Å². The van der Waals surface area contributed by atoms with Crippen LogP contribution in [0.15, 0.2) is 66.9 Å². The Morgan fingerprint density at radius 1 is 0.821 bits per heavy atom. The van der Waals surface area contributed by atoms with Crippen molar-refractivity contribution in [1.29, 1.82) is 0 Å². The third kappa shape index (κ3) is 5.48. The van der Waals surface area contributed by atoms with Crippen LogP contribution in [-0.4, -0.2) is 15.1 Å². The number of pyridine rings is 2. The predicted octanol–water partition coefficient (Wildman–Crippen LogP) is 9.26. The number of phenolic OH excluding ortho intramolecular Hbond substituents is 1. The number of phenols is 1. The van der Waals surface area contributed by atoms with Gasteiger partial charge in [0.2, 0.25) is 0 Å². The van der Waals surface area contributed by atoms with Gasteiger partial charge in [-0.1, -0.05) is 108 Å². The average Bonchev–Trinajstić information content (AvgIpc) is 3.20. The Kier molecular flexibility index (Phi) is 8.81. The van der Waals surface area contributed by atoms with Gasteiger partial charge in [-0.25, -0.2) is 0 Å². The van der Waals surface area contributed by atoms with E-state index in [4.69, 9.17) is 4.98 Å². The molecule has 2 aromatic heterocycles. The number of hydrogen-bond acceptors (Lipinski definition) is 3. The van der Waals surface area contributed by atoms with E-state index < -0.39 is 0 Å². The van der Waals surface area contributed by atoms with Crippen LogP contribution in [0.1, 0.15) is 89.8 Å². The maximum absolute atomic E-state index is 11.1. The maximum Gasteiger partial charge on any atom is 0.125 e. The molecule has 0 amide bonds. The molecule has 1 aliphatic carbocycles. The van der Waals surface area contributed by atoms with E-state index >= 15 is 0 Å². The monoisotopic (exact) mass is 698 g/mol. The zero-order valence-electron chi connectivity index (χ0n) is 23.8. The molecule has 0 saturated carbocycles. The molecule has 1 N–H and O–H groups in total. The number of aromatic hydroxyl groups is 1. The summed E-state index contributed by atoms with van der Waals surface area (Å²) in [5, 5.41) is 11.1. The summed E-state index contributed by atoms with van der Waals surface area (Å²) in [6, 6.07) is 24.5. The molecular formula is C35H39N2OPt-. The Bertz CT molecular complexity index is 1430. The van der Waals surface area contributed by atoms with Crippen molar-refractivity contribution < 1.29 is 26.2 Å². The van der Waals surface area contributed by atoms with Gasteiger partial charge in [-0.3, -0.25) is 9.97 Å². The molecule has 206 valence electrons. The number of nitrogens with zero attached hydrogens (tertiary/aromatic N) is 2. The number of fused-ring (bicyclic) bond motifs is 3. The van der Waals surface area contributed by atoms with E-state index in [1.165, 1.54) is 16.7 Å². The van der Waals surface area contributed by atoms with Crippen LogP contribution >= 0.6 is 0 Å². The Hall–Kier alpha value is -2.77. The summed E-state index contributed by atoms with van der Waals surface area (Å²) in [6.45, 7) is 11.2. The van der Waals surface area contributed by atoms with Crippen molar-refractivity contribution in [2.75, 3.05) is 0 Å². The van der Waals surface area contributed by atoms with Crippen LogP contribution < -0.4 is 0 Å². The van der Waals surface area contributed by atoms with Gasteiger partial charge in [0, 0.05) is 49.6 Å². The molecule has 39 heavy (non-hydrogen) atoms. The fourth-order valence-electron chi connectivity index (χ4n) is 5.94. The molecule has 0 radical (unpaired) electrons. The predicted molar refractivity (Wildman–Crippen MR) is 157 cm³/mol. The van der Waals surface area contributed by atoms with Crippen molar-refractivity contribution in [3.8, 4) is 39.5 Å². The molecule has 5 rings (SSSR count). The summed E-state index contributed by atoms with van der Waals surface area (Å²) in [5.74, 6) is 0.324. The summed E-state index contributed by atoms with van der Waals surface area (Å²) >= 11 is 0. The van der Waals surface area contributed by atoms with Crippen molar-refractivity contribution >= 4 is 0 Å². The average molecular weight is 699 g/mol. The van der Waals surface area contributed by atoms with Gasteiger partial charge < -0.3 is 5.11 Å². The Balaban J connectivity index is 0.00000353. The number of aromatic nitrogens is 2. The molecule has 0 unspecified atom stereocenters. The van der Waals surface area contributed by atoms with Gasteiger partial charge in [-0.2, -0.15) is 0 Å². The molecule has 0 atom stereocenters. The molecule has 0 aliphatic heterocycles. The Morgan fingerprint density at radius 2 is 1.51 bits per heavy atom. The number of rotatable bonds is 8. The zero-order chi connectivity index (χ0) is 26.9. The van der Waals surface area contributed by atoms with Crippen LogP contribution in [0, 0.1) is 6.07 Å². The number of benzene rings is 2. The quantitative estimate of drug-likeness (QED) is 0.187. The van der Waals surface area contributed by atoms with Crippen LogP contribution in [0.4, 0.5) is 0 Å². The van der Waals surface area contributed by atoms with Crippen LogP contribution in [0.25, 0.3) is 33.8 Å². The number of hydrogen-bond donors (Lipinski definition) is 1. The molecule has 3 nitrogen and oxygen atoms in total. The summed E-state index contributed by atoms with van der Waals surface area (Å²) in [7, 11) is 0. The van der Waals surface area contributed by atoms with Crippen LogP contribution in [0.5, 0.6) is 5.75 Å². The molecule has 4 aromatic rings. The fourth-order valence-corrected chi connectivity index (χ4v) is 5.94. The number of unbranched alkanes of at least 4 members (excludes halogenated alkanes) is 2. The smallest absolute Gasteiger partial charge is 0.125 e. The minimum absolute atomic E-state index is 0.